The summed E-state index contributed by atoms with van der Waals surface area (Å²) in [6.45, 7) is 0. The average molecular weight is 409 g/mol. The van der Waals surface area contributed by atoms with Gasteiger partial charge in [-0.1, -0.05) is 23.7 Å². The number of pyridine rings is 1. The maximum Gasteiger partial charge on any atom is 0.162 e. The number of rotatable bonds is 5. The Kier molecular flexibility index (Phi) is 5.32. The Hall–Kier alpha value is -2.83. The summed E-state index contributed by atoms with van der Waals surface area (Å²) < 4.78 is 11.6. The van der Waals surface area contributed by atoms with E-state index < -0.39 is 10.8 Å². The number of hydrogen-bond acceptors (Lipinski definition) is 5. The highest BCUT2D eigenvalue weighted by Gasteiger charge is 2.11. The summed E-state index contributed by atoms with van der Waals surface area (Å²) in [4.78, 5) is 13.5. The first-order chi connectivity index (χ1) is 13.6. The molecular formula is C21H17ClN4OS. The van der Waals surface area contributed by atoms with Gasteiger partial charge in [-0.05, 0) is 48.0 Å². The first-order valence-corrected chi connectivity index (χ1v) is 10.7. The molecule has 0 radical (unpaired) electrons. The van der Waals surface area contributed by atoms with Crippen molar-refractivity contribution in [1.82, 2.24) is 15.0 Å². The highest BCUT2D eigenvalue weighted by molar-refractivity contribution is 7.83. The van der Waals surface area contributed by atoms with Gasteiger partial charge in [0.25, 0.3) is 0 Å². The molecule has 1 unspecified atom stereocenters. The largest absolute Gasteiger partial charge is 0.340 e. The molecule has 0 amide bonds. The molecule has 1 atom stereocenters. The molecular weight excluding hydrogens is 392 g/mol. The predicted molar refractivity (Wildman–Crippen MR) is 115 cm³/mol. The molecule has 0 aliphatic heterocycles. The van der Waals surface area contributed by atoms with E-state index in [1.54, 1.807) is 24.7 Å². The van der Waals surface area contributed by atoms with Crippen molar-refractivity contribution in [3.05, 3.63) is 77.6 Å². The summed E-state index contributed by atoms with van der Waals surface area (Å²) in [7, 11) is -0.976. The number of nitrogens with zero attached hydrogens (tertiary/aromatic N) is 3. The molecule has 0 aliphatic carbocycles. The molecule has 2 aromatic carbocycles. The number of fused-ring (bicyclic) bond motifs is 1. The van der Waals surface area contributed by atoms with E-state index in [0.717, 1.165) is 27.7 Å². The van der Waals surface area contributed by atoms with Crippen molar-refractivity contribution >= 4 is 44.8 Å². The third kappa shape index (κ3) is 4.03. The van der Waals surface area contributed by atoms with Gasteiger partial charge in [0.15, 0.2) is 5.82 Å². The summed E-state index contributed by atoms with van der Waals surface area (Å²) in [5.41, 5.74) is 3.40. The number of benzene rings is 2. The van der Waals surface area contributed by atoms with Gasteiger partial charge in [-0.15, -0.1) is 0 Å². The number of aromatic nitrogens is 3. The Balaban J connectivity index is 1.79. The molecule has 7 heteroatoms. The Morgan fingerprint density at radius 3 is 2.61 bits per heavy atom. The van der Waals surface area contributed by atoms with Gasteiger partial charge in [-0.3, -0.25) is 9.19 Å². The molecule has 0 aliphatic rings. The van der Waals surface area contributed by atoms with Crippen LogP contribution in [0.25, 0.3) is 22.3 Å². The molecule has 1 N–H and O–H groups in total. The zero-order chi connectivity index (χ0) is 19.5. The molecule has 28 heavy (non-hydrogen) atoms. The Morgan fingerprint density at radius 2 is 1.82 bits per heavy atom. The van der Waals surface area contributed by atoms with Gasteiger partial charge in [0.2, 0.25) is 0 Å². The van der Waals surface area contributed by atoms with E-state index in [9.17, 15) is 4.21 Å². The number of hydrogen-bond donors (Lipinski definition) is 1. The SMILES string of the molecule is CS(=O)Cc1cc(Nc2nc(-c3ccncc3)nc3ccccc23)ccc1Cl. The van der Waals surface area contributed by atoms with Gasteiger partial charge in [-0.2, -0.15) is 0 Å². The van der Waals surface area contributed by atoms with E-state index in [1.807, 2.05) is 48.5 Å². The Labute approximate surface area is 170 Å². The first kappa shape index (κ1) is 18.5. The van der Waals surface area contributed by atoms with E-state index in [0.29, 0.717) is 22.4 Å². The molecule has 140 valence electrons. The number of halogens is 1. The lowest BCUT2D eigenvalue weighted by atomic mass is 10.2. The van der Waals surface area contributed by atoms with E-state index in [1.165, 1.54) is 0 Å². The molecule has 0 spiro atoms. The highest BCUT2D eigenvalue weighted by Crippen LogP contribution is 2.29. The second-order valence-corrected chi connectivity index (χ2v) is 8.14. The highest BCUT2D eigenvalue weighted by atomic mass is 35.5. The van der Waals surface area contributed by atoms with Crippen LogP contribution in [0.5, 0.6) is 0 Å². The topological polar surface area (TPSA) is 67.8 Å². The Morgan fingerprint density at radius 1 is 1.04 bits per heavy atom. The van der Waals surface area contributed by atoms with Crippen molar-refractivity contribution in [2.75, 3.05) is 11.6 Å². The summed E-state index contributed by atoms with van der Waals surface area (Å²) in [5, 5.41) is 4.89. The molecule has 0 bridgehead atoms. The number of para-hydroxylation sites is 1. The van der Waals surface area contributed by atoms with Crippen LogP contribution in [-0.2, 0) is 16.6 Å². The normalized spacial score (nSPS) is 12.1. The standard InChI is InChI=1S/C21H17ClN4OS/c1-28(27)13-15-12-16(6-7-18(15)22)24-21-17-4-2-3-5-19(17)25-20(26-21)14-8-10-23-11-9-14/h2-12H,13H2,1H3,(H,24,25,26). The molecule has 0 saturated heterocycles. The molecule has 4 aromatic rings. The van der Waals surface area contributed by atoms with Crippen LogP contribution in [0.15, 0.2) is 67.0 Å². The number of anilines is 2. The van der Waals surface area contributed by atoms with Crippen LogP contribution in [0, 0.1) is 0 Å². The third-order valence-corrected chi connectivity index (χ3v) is 5.30. The van der Waals surface area contributed by atoms with Crippen LogP contribution in [0.3, 0.4) is 0 Å². The van der Waals surface area contributed by atoms with Crippen LogP contribution in [-0.4, -0.2) is 25.4 Å². The zero-order valence-corrected chi connectivity index (χ0v) is 16.7. The summed E-state index contributed by atoms with van der Waals surface area (Å²) in [5.74, 6) is 1.72. The minimum atomic E-state index is -0.976. The predicted octanol–water partition coefficient (Wildman–Crippen LogP) is 4.97. The molecule has 2 aromatic heterocycles. The lowest BCUT2D eigenvalue weighted by Gasteiger charge is -2.12. The van der Waals surface area contributed by atoms with E-state index in [-0.39, 0.29) is 0 Å². The van der Waals surface area contributed by atoms with Crippen LogP contribution in [0.1, 0.15) is 5.56 Å². The summed E-state index contributed by atoms with van der Waals surface area (Å²) in [6.07, 6.45) is 5.10. The van der Waals surface area contributed by atoms with E-state index in [4.69, 9.17) is 16.6 Å². The van der Waals surface area contributed by atoms with Gasteiger partial charge in [-0.25, -0.2) is 9.97 Å². The molecule has 4 rings (SSSR count). The molecule has 0 saturated carbocycles. The van der Waals surface area contributed by atoms with Crippen LogP contribution in [0.2, 0.25) is 5.02 Å². The minimum Gasteiger partial charge on any atom is -0.340 e. The van der Waals surface area contributed by atoms with Crippen molar-refractivity contribution in [2.45, 2.75) is 5.75 Å². The fourth-order valence-corrected chi connectivity index (χ4v) is 3.86. The van der Waals surface area contributed by atoms with Crippen LogP contribution in [0.4, 0.5) is 11.5 Å². The second kappa shape index (κ2) is 8.04. The molecule has 0 fully saturated rings. The maximum atomic E-state index is 11.6. The van der Waals surface area contributed by atoms with E-state index in [2.05, 4.69) is 15.3 Å². The smallest absolute Gasteiger partial charge is 0.162 e. The van der Waals surface area contributed by atoms with Gasteiger partial charge in [0.1, 0.15) is 5.82 Å². The van der Waals surface area contributed by atoms with Gasteiger partial charge < -0.3 is 5.32 Å². The fourth-order valence-electron chi connectivity index (χ4n) is 2.92. The average Bonchev–Trinajstić information content (AvgIpc) is 2.71. The fraction of sp³-hybridized carbons (Fsp3) is 0.0952. The third-order valence-electron chi connectivity index (χ3n) is 4.21. The quantitative estimate of drug-likeness (QED) is 0.505. The lowest BCUT2D eigenvalue weighted by molar-refractivity contribution is 0.686. The van der Waals surface area contributed by atoms with E-state index >= 15 is 0 Å². The van der Waals surface area contributed by atoms with Crippen LogP contribution >= 0.6 is 11.6 Å². The summed E-state index contributed by atoms with van der Waals surface area (Å²) >= 11 is 6.25. The Bertz CT molecular complexity index is 1170. The summed E-state index contributed by atoms with van der Waals surface area (Å²) in [6, 6.07) is 17.2. The van der Waals surface area contributed by atoms with Crippen molar-refractivity contribution in [1.29, 1.82) is 0 Å². The number of nitrogens with one attached hydrogen (secondary N) is 1. The van der Waals surface area contributed by atoms with Gasteiger partial charge >= 0.3 is 0 Å². The minimum absolute atomic E-state index is 0.404. The van der Waals surface area contributed by atoms with Crippen molar-refractivity contribution in [2.24, 2.45) is 0 Å². The van der Waals surface area contributed by atoms with Crippen molar-refractivity contribution in [3.8, 4) is 11.4 Å². The zero-order valence-electron chi connectivity index (χ0n) is 15.1. The second-order valence-electron chi connectivity index (χ2n) is 6.30. The molecule has 5 nitrogen and oxygen atoms in total. The first-order valence-electron chi connectivity index (χ1n) is 8.63. The van der Waals surface area contributed by atoms with Crippen molar-refractivity contribution < 1.29 is 4.21 Å². The lowest BCUT2D eigenvalue weighted by Crippen LogP contribution is -2.01. The van der Waals surface area contributed by atoms with Gasteiger partial charge in [0, 0.05) is 56.9 Å². The monoisotopic (exact) mass is 408 g/mol. The van der Waals surface area contributed by atoms with Crippen molar-refractivity contribution in [3.63, 3.8) is 0 Å². The van der Waals surface area contributed by atoms with Crippen LogP contribution < -0.4 is 5.32 Å². The maximum absolute atomic E-state index is 11.6. The van der Waals surface area contributed by atoms with Gasteiger partial charge in [0.05, 0.1) is 5.52 Å². The molecule has 2 heterocycles.